The Balaban J connectivity index is 0.642. The molecule has 8 heterocycles. The van der Waals surface area contributed by atoms with Crippen LogP contribution in [-0.4, -0.2) is 209 Å². The fourth-order valence-corrected chi connectivity index (χ4v) is 9.40. The SMILES string of the molecule is COc1cnc(-n2cnc(COCC(=O)NCCNC(=O)COCc3ncn(-c4ncc(OC)c5c(C(=O)C(=O)N6CCN(C(=O)c7ccccc7)CC6)c[nH]c45)n3)n2)c2[nH]cc(C(=O)C(=O)N3CCN(C(=O)c4ccccc4)CC3)c12. The highest BCUT2D eigenvalue weighted by Crippen LogP contribution is 2.33. The summed E-state index contributed by atoms with van der Waals surface area (Å²) in [5.41, 5.74) is 1.93. The molecule has 0 atom stereocenters. The minimum atomic E-state index is -0.764. The quantitative estimate of drug-likeness (QED) is 0.0441. The van der Waals surface area contributed by atoms with Crippen LogP contribution in [0.5, 0.6) is 11.5 Å². The second-order valence-electron chi connectivity index (χ2n) is 18.7. The largest absolute Gasteiger partial charge is 0.494 e. The van der Waals surface area contributed by atoms with Crippen LogP contribution in [0.1, 0.15) is 53.1 Å². The fraction of sp³-hybridized carbons (Fsp3) is 0.296. The molecule has 10 rings (SSSR count). The van der Waals surface area contributed by atoms with Gasteiger partial charge in [-0.15, -0.1) is 10.2 Å². The number of aromatic nitrogens is 10. The Morgan fingerprint density at radius 2 is 0.890 bits per heavy atom. The van der Waals surface area contributed by atoms with Crippen molar-refractivity contribution in [3.63, 3.8) is 0 Å². The van der Waals surface area contributed by atoms with Crippen LogP contribution in [0.4, 0.5) is 0 Å². The van der Waals surface area contributed by atoms with E-state index in [0.717, 1.165) is 0 Å². The highest BCUT2D eigenvalue weighted by atomic mass is 16.5. The number of hydrogen-bond donors (Lipinski definition) is 4. The number of fused-ring (bicyclic) bond motifs is 2. The van der Waals surface area contributed by atoms with Gasteiger partial charge in [0.05, 0.1) is 59.5 Å². The summed E-state index contributed by atoms with van der Waals surface area (Å²) >= 11 is 0. The van der Waals surface area contributed by atoms with Gasteiger partial charge in [-0.2, -0.15) is 0 Å². The molecule has 0 bridgehead atoms. The molecule has 6 aromatic heterocycles. The third-order valence-corrected chi connectivity index (χ3v) is 13.6. The van der Waals surface area contributed by atoms with E-state index in [9.17, 15) is 38.4 Å². The molecule has 0 saturated carbocycles. The van der Waals surface area contributed by atoms with Crippen molar-refractivity contribution in [1.29, 1.82) is 0 Å². The zero-order valence-electron chi connectivity index (χ0n) is 44.4. The van der Waals surface area contributed by atoms with Crippen molar-refractivity contribution < 1.29 is 57.3 Å². The highest BCUT2D eigenvalue weighted by molar-refractivity contribution is 6.46. The molecule has 6 amide bonds. The molecule has 2 aliphatic rings. The second kappa shape index (κ2) is 24.8. The van der Waals surface area contributed by atoms with Crippen LogP contribution in [0.2, 0.25) is 0 Å². The lowest BCUT2D eigenvalue weighted by molar-refractivity contribution is -0.128. The first-order valence-electron chi connectivity index (χ1n) is 25.8. The predicted molar refractivity (Wildman–Crippen MR) is 287 cm³/mol. The molecule has 0 radical (unpaired) electrons. The van der Waals surface area contributed by atoms with Gasteiger partial charge < -0.3 is 59.1 Å². The molecule has 2 fully saturated rings. The van der Waals surface area contributed by atoms with Crippen molar-refractivity contribution in [3.8, 4) is 23.1 Å². The Bertz CT molecular complexity index is 3450. The topological polar surface area (TPSA) is 329 Å². The van der Waals surface area contributed by atoms with Gasteiger partial charge in [0.15, 0.2) is 23.3 Å². The van der Waals surface area contributed by atoms with Gasteiger partial charge in [-0.1, -0.05) is 36.4 Å². The average Bonchev–Trinajstić information content (AvgIpc) is 4.56. The number of carbonyl (C=O) groups excluding carboxylic acids is 8. The van der Waals surface area contributed by atoms with Crippen molar-refractivity contribution >= 4 is 68.8 Å². The van der Waals surface area contributed by atoms with Gasteiger partial charge in [-0.05, 0) is 24.3 Å². The van der Waals surface area contributed by atoms with E-state index in [-0.39, 0.29) is 150 Å². The zero-order chi connectivity index (χ0) is 57.3. The van der Waals surface area contributed by atoms with Crippen LogP contribution in [0.25, 0.3) is 33.4 Å². The molecule has 422 valence electrons. The third-order valence-electron chi connectivity index (χ3n) is 13.6. The number of aromatic amines is 2. The monoisotopic (exact) mass is 1120 g/mol. The first kappa shape index (κ1) is 55.1. The number of nitrogens with zero attached hydrogens (tertiary/aromatic N) is 12. The van der Waals surface area contributed by atoms with Crippen LogP contribution in [0.3, 0.4) is 0 Å². The minimum absolute atomic E-state index is 0.0703. The number of piperazine rings is 2. The molecule has 0 spiro atoms. The van der Waals surface area contributed by atoms with Gasteiger partial charge in [0.1, 0.15) is 50.6 Å². The molecule has 0 unspecified atom stereocenters. The summed E-state index contributed by atoms with van der Waals surface area (Å²) in [5.74, 6) is -2.78. The van der Waals surface area contributed by atoms with E-state index >= 15 is 0 Å². The maximum absolute atomic E-state index is 13.7. The van der Waals surface area contributed by atoms with Crippen molar-refractivity contribution in [3.05, 3.63) is 132 Å². The smallest absolute Gasteiger partial charge is 0.295 e. The van der Waals surface area contributed by atoms with Crippen LogP contribution in [0, 0.1) is 0 Å². The number of benzene rings is 2. The van der Waals surface area contributed by atoms with Gasteiger partial charge in [-0.3, -0.25) is 38.4 Å². The molecule has 8 aromatic rings. The number of amides is 6. The molecule has 0 aliphatic carbocycles. The number of ether oxygens (including phenoxy) is 4. The maximum Gasteiger partial charge on any atom is 0.295 e. The third kappa shape index (κ3) is 11.9. The Morgan fingerprint density at radius 1 is 0.512 bits per heavy atom. The van der Waals surface area contributed by atoms with E-state index in [1.54, 1.807) is 58.3 Å². The van der Waals surface area contributed by atoms with Crippen molar-refractivity contribution in [2.24, 2.45) is 0 Å². The number of nitrogens with one attached hydrogen (secondary N) is 4. The number of hydrogen-bond acceptors (Lipinski definition) is 18. The minimum Gasteiger partial charge on any atom is -0.494 e. The van der Waals surface area contributed by atoms with E-state index < -0.39 is 35.2 Å². The molecule has 2 aromatic carbocycles. The Labute approximate surface area is 465 Å². The van der Waals surface area contributed by atoms with E-state index in [1.807, 2.05) is 12.1 Å². The number of carbonyl (C=O) groups is 8. The van der Waals surface area contributed by atoms with Crippen molar-refractivity contribution in [2.75, 3.05) is 92.9 Å². The lowest BCUT2D eigenvalue weighted by Gasteiger charge is -2.34. The Kier molecular flexibility index (Phi) is 16.7. The van der Waals surface area contributed by atoms with Gasteiger partial charge in [0, 0.05) is 89.0 Å². The molecule has 28 heteroatoms. The molecule has 4 N–H and O–H groups in total. The summed E-state index contributed by atoms with van der Waals surface area (Å²) in [7, 11) is 2.83. The number of H-pyrrole nitrogens is 2. The van der Waals surface area contributed by atoms with Crippen LogP contribution in [-0.2, 0) is 41.9 Å². The number of ketones is 2. The van der Waals surface area contributed by atoms with E-state index in [4.69, 9.17) is 18.9 Å². The van der Waals surface area contributed by atoms with Gasteiger partial charge >= 0.3 is 0 Å². The summed E-state index contributed by atoms with van der Waals surface area (Å²) in [6, 6.07) is 17.7. The van der Waals surface area contributed by atoms with Crippen molar-refractivity contribution in [1.82, 2.24) is 79.7 Å². The summed E-state index contributed by atoms with van der Waals surface area (Å²) in [4.78, 5) is 135. The van der Waals surface area contributed by atoms with Crippen LogP contribution in [0.15, 0.2) is 98.1 Å². The zero-order valence-corrected chi connectivity index (χ0v) is 44.4. The second-order valence-corrected chi connectivity index (χ2v) is 18.7. The van der Waals surface area contributed by atoms with Gasteiger partial charge in [0.25, 0.3) is 35.2 Å². The van der Waals surface area contributed by atoms with Gasteiger partial charge in [-0.25, -0.2) is 29.3 Å². The summed E-state index contributed by atoms with van der Waals surface area (Å²) in [6.45, 7) is 1.03. The number of methoxy groups -OCH3 is 2. The van der Waals surface area contributed by atoms with E-state index in [1.165, 1.54) is 70.8 Å². The summed E-state index contributed by atoms with van der Waals surface area (Å²) in [6.07, 6.45) is 8.37. The normalized spacial score (nSPS) is 13.5. The molecular formula is C54H54N16O12. The lowest BCUT2D eigenvalue weighted by Crippen LogP contribution is -2.52. The van der Waals surface area contributed by atoms with E-state index in [2.05, 4.69) is 50.7 Å². The molecule has 28 nitrogen and oxygen atoms in total. The Hall–Kier alpha value is -10.2. The average molecular weight is 1120 g/mol. The standard InChI is InChI=1S/C54H54N16O12/c1-79-37-25-59-49(45-43(37)35(23-57-45)47(73)53(77)67-19-15-65(16-20-67)51(75)33-9-5-3-6-10-33)69-31-61-39(63-69)27-81-29-41(71)55-13-14-56-42(72)30-82-28-40-62-32-70(64-40)50-46-44(38(80-2)26-60-50)36(24-58-46)48(74)54(78)68-21-17-66(18-22-68)52(76)34-11-7-4-8-12-34/h3-12,23-26,31-32,57-58H,13-22,27-30H2,1-2H3,(H,55,71)(H,56,72). The van der Waals surface area contributed by atoms with Crippen molar-refractivity contribution in [2.45, 2.75) is 13.2 Å². The molecule has 2 saturated heterocycles. The molecule has 2 aliphatic heterocycles. The summed E-state index contributed by atoms with van der Waals surface area (Å²) < 4.78 is 24.8. The molecule has 82 heavy (non-hydrogen) atoms. The maximum atomic E-state index is 13.7. The van der Waals surface area contributed by atoms with Crippen LogP contribution >= 0.6 is 0 Å². The Morgan fingerprint density at radius 3 is 1.27 bits per heavy atom. The number of rotatable bonds is 21. The van der Waals surface area contributed by atoms with Gasteiger partial charge in [0.2, 0.25) is 11.8 Å². The van der Waals surface area contributed by atoms with Crippen LogP contribution < -0.4 is 20.1 Å². The van der Waals surface area contributed by atoms with E-state index in [0.29, 0.717) is 32.9 Å². The first-order chi connectivity index (χ1) is 39.9. The number of Topliss-reactive ketones (excluding diaryl/α,β-unsaturated/α-hetero) is 2. The highest BCUT2D eigenvalue weighted by Gasteiger charge is 2.34. The fourth-order valence-electron chi connectivity index (χ4n) is 9.40. The molecular weight excluding hydrogens is 1060 g/mol. The lowest BCUT2D eigenvalue weighted by atomic mass is 10.1. The summed E-state index contributed by atoms with van der Waals surface area (Å²) in [5, 5.41) is 14.8. The predicted octanol–water partition coefficient (Wildman–Crippen LogP) is 0.918. The first-order valence-corrected chi connectivity index (χ1v) is 25.8. The number of pyridine rings is 2.